The van der Waals surface area contributed by atoms with Gasteiger partial charge in [-0.1, -0.05) is 12.1 Å². The summed E-state index contributed by atoms with van der Waals surface area (Å²) in [5.74, 6) is -0.213. The van der Waals surface area contributed by atoms with E-state index in [4.69, 9.17) is 11.6 Å². The van der Waals surface area contributed by atoms with Crippen molar-refractivity contribution in [2.45, 2.75) is 13.8 Å². The number of hydrogen-bond acceptors (Lipinski definition) is 3. The average Bonchev–Trinajstić information content (AvgIpc) is 2.59. The van der Waals surface area contributed by atoms with Crippen molar-refractivity contribution in [2.75, 3.05) is 10.2 Å². The van der Waals surface area contributed by atoms with Crippen molar-refractivity contribution in [1.82, 2.24) is 0 Å². The van der Waals surface area contributed by atoms with Gasteiger partial charge in [0, 0.05) is 9.75 Å². The summed E-state index contributed by atoms with van der Waals surface area (Å²) in [6, 6.07) is 7.11. The van der Waals surface area contributed by atoms with E-state index in [0.717, 1.165) is 9.75 Å². The van der Waals surface area contributed by atoms with E-state index >= 15 is 0 Å². The lowest BCUT2D eigenvalue weighted by molar-refractivity contribution is 0.102. The number of nitrogens with zero attached hydrogens (tertiary/aromatic N) is 1. The molecule has 1 N–H and O–H groups in total. The van der Waals surface area contributed by atoms with Gasteiger partial charge in [-0.25, -0.2) is 0 Å². The predicted molar refractivity (Wildman–Crippen MR) is 81.6 cm³/mol. The summed E-state index contributed by atoms with van der Waals surface area (Å²) in [7, 11) is 0. The highest BCUT2D eigenvalue weighted by molar-refractivity contribution is 7.13. The fraction of sp³-hybridized carbons (Fsp3) is 0.143. The number of amides is 2. The van der Waals surface area contributed by atoms with E-state index in [1.807, 2.05) is 13.8 Å². The van der Waals surface area contributed by atoms with Crippen molar-refractivity contribution >= 4 is 51.3 Å². The first-order valence-electron chi connectivity index (χ1n) is 6.00. The van der Waals surface area contributed by atoms with Crippen LogP contribution in [0.5, 0.6) is 0 Å². The van der Waals surface area contributed by atoms with Gasteiger partial charge in [0.05, 0.1) is 22.6 Å². The van der Waals surface area contributed by atoms with Crippen LogP contribution >= 0.6 is 22.9 Å². The van der Waals surface area contributed by atoms with Crippen LogP contribution in [0, 0.1) is 13.8 Å². The first kappa shape index (κ1) is 13.1. The molecule has 2 amide bonds. The van der Waals surface area contributed by atoms with E-state index in [1.54, 1.807) is 24.3 Å². The van der Waals surface area contributed by atoms with E-state index in [1.165, 1.54) is 16.2 Å². The summed E-state index contributed by atoms with van der Waals surface area (Å²) >= 11 is 7.25. The molecule has 0 saturated carbocycles. The monoisotopic (exact) mass is 306 g/mol. The van der Waals surface area contributed by atoms with Crippen molar-refractivity contribution in [1.29, 1.82) is 0 Å². The summed E-state index contributed by atoms with van der Waals surface area (Å²) < 4.78 is 0. The molecular formula is C14H11ClN2O2S. The second-order valence-corrected chi connectivity index (χ2v) is 6.25. The van der Waals surface area contributed by atoms with Gasteiger partial charge in [0.2, 0.25) is 0 Å². The minimum absolute atomic E-state index is 0.213. The van der Waals surface area contributed by atoms with Crippen LogP contribution < -0.4 is 10.2 Å². The Morgan fingerprint density at radius 1 is 1.25 bits per heavy atom. The number of thiophene rings is 1. The zero-order valence-electron chi connectivity index (χ0n) is 10.9. The molecule has 0 unspecified atom stereocenters. The number of nitrogens with one attached hydrogen (secondary N) is 1. The second-order valence-electron chi connectivity index (χ2n) is 4.50. The lowest BCUT2D eigenvalue weighted by atomic mass is 10.2. The summed E-state index contributed by atoms with van der Waals surface area (Å²) in [4.78, 5) is 27.4. The van der Waals surface area contributed by atoms with Crippen LogP contribution in [0.3, 0.4) is 0 Å². The Hall–Kier alpha value is -1.85. The highest BCUT2D eigenvalue weighted by Crippen LogP contribution is 2.44. The van der Waals surface area contributed by atoms with Crippen molar-refractivity contribution in [3.8, 4) is 0 Å². The summed E-state index contributed by atoms with van der Waals surface area (Å²) in [6.07, 6.45) is 0. The first-order valence-corrected chi connectivity index (χ1v) is 7.20. The molecule has 1 aliphatic rings. The molecular weight excluding hydrogens is 296 g/mol. The zero-order chi connectivity index (χ0) is 14.4. The SMILES string of the molecule is Cc1sc(C)c2c1C(=O)Nc1ccccc1N2C(=O)Cl. The quantitative estimate of drug-likeness (QED) is 0.578. The molecule has 1 aromatic carbocycles. The predicted octanol–water partition coefficient (Wildman–Crippen LogP) is 4.43. The summed E-state index contributed by atoms with van der Waals surface area (Å²) in [5.41, 5.74) is 2.25. The lowest BCUT2D eigenvalue weighted by Gasteiger charge is -2.20. The molecule has 102 valence electrons. The normalized spacial score (nSPS) is 13.3. The maximum absolute atomic E-state index is 12.4. The molecule has 0 aliphatic carbocycles. The highest BCUT2D eigenvalue weighted by Gasteiger charge is 2.32. The van der Waals surface area contributed by atoms with Crippen LogP contribution in [0.25, 0.3) is 0 Å². The van der Waals surface area contributed by atoms with E-state index in [2.05, 4.69) is 5.32 Å². The molecule has 2 aromatic rings. The Labute approximate surface area is 125 Å². The van der Waals surface area contributed by atoms with Gasteiger partial charge in [-0.2, -0.15) is 0 Å². The number of halogens is 1. The Morgan fingerprint density at radius 2 is 1.95 bits per heavy atom. The van der Waals surface area contributed by atoms with Crippen LogP contribution in [-0.4, -0.2) is 11.3 Å². The number of anilines is 3. The lowest BCUT2D eigenvalue weighted by Crippen LogP contribution is -2.20. The maximum Gasteiger partial charge on any atom is 0.325 e. The number of fused-ring (bicyclic) bond motifs is 2. The van der Waals surface area contributed by atoms with Gasteiger partial charge in [0.1, 0.15) is 0 Å². The van der Waals surface area contributed by atoms with Crippen LogP contribution in [-0.2, 0) is 0 Å². The van der Waals surface area contributed by atoms with Gasteiger partial charge in [0.25, 0.3) is 5.91 Å². The number of carbonyl (C=O) groups is 2. The average molecular weight is 307 g/mol. The molecule has 2 heterocycles. The van der Waals surface area contributed by atoms with Crippen LogP contribution in [0.2, 0.25) is 0 Å². The smallest absolute Gasteiger partial charge is 0.320 e. The number of benzene rings is 1. The third-order valence-electron chi connectivity index (χ3n) is 3.25. The van der Waals surface area contributed by atoms with Crippen molar-refractivity contribution in [3.63, 3.8) is 0 Å². The second kappa shape index (κ2) is 4.61. The zero-order valence-corrected chi connectivity index (χ0v) is 12.4. The topological polar surface area (TPSA) is 49.4 Å². The van der Waals surface area contributed by atoms with E-state index in [-0.39, 0.29) is 5.91 Å². The number of aryl methyl sites for hydroxylation is 2. The van der Waals surface area contributed by atoms with E-state index in [0.29, 0.717) is 22.6 Å². The Morgan fingerprint density at radius 3 is 2.65 bits per heavy atom. The molecule has 0 bridgehead atoms. The van der Waals surface area contributed by atoms with Gasteiger partial charge < -0.3 is 5.32 Å². The Kier molecular flexibility index (Phi) is 3.03. The molecule has 0 fully saturated rings. The van der Waals surface area contributed by atoms with Gasteiger partial charge >= 0.3 is 5.37 Å². The molecule has 0 saturated heterocycles. The van der Waals surface area contributed by atoms with Gasteiger partial charge in [-0.05, 0) is 37.6 Å². The van der Waals surface area contributed by atoms with Crippen LogP contribution in [0.1, 0.15) is 20.1 Å². The van der Waals surface area contributed by atoms with Crippen LogP contribution in [0.15, 0.2) is 24.3 Å². The molecule has 6 heteroatoms. The first-order chi connectivity index (χ1) is 9.50. The van der Waals surface area contributed by atoms with E-state index in [9.17, 15) is 9.59 Å². The molecule has 1 aromatic heterocycles. The number of para-hydroxylation sites is 2. The van der Waals surface area contributed by atoms with E-state index < -0.39 is 5.37 Å². The molecule has 0 spiro atoms. The van der Waals surface area contributed by atoms with Gasteiger partial charge in [-0.3, -0.25) is 14.5 Å². The van der Waals surface area contributed by atoms with Gasteiger partial charge in [-0.15, -0.1) is 11.3 Å². The molecule has 0 radical (unpaired) electrons. The largest absolute Gasteiger partial charge is 0.325 e. The number of rotatable bonds is 0. The summed E-state index contributed by atoms with van der Waals surface area (Å²) in [6.45, 7) is 3.74. The third-order valence-corrected chi connectivity index (χ3v) is 4.43. The summed E-state index contributed by atoms with van der Waals surface area (Å²) in [5, 5.41) is 2.20. The highest BCUT2D eigenvalue weighted by atomic mass is 35.5. The molecule has 20 heavy (non-hydrogen) atoms. The van der Waals surface area contributed by atoms with Crippen molar-refractivity contribution in [2.24, 2.45) is 0 Å². The van der Waals surface area contributed by atoms with Crippen molar-refractivity contribution < 1.29 is 9.59 Å². The minimum Gasteiger partial charge on any atom is -0.320 e. The third kappa shape index (κ3) is 1.82. The maximum atomic E-state index is 12.4. The molecule has 3 rings (SSSR count). The molecule has 1 aliphatic heterocycles. The Bertz CT molecular complexity index is 739. The number of hydrogen-bond donors (Lipinski definition) is 1. The Balaban J connectivity index is 2.37. The molecule has 4 nitrogen and oxygen atoms in total. The molecule has 0 atom stereocenters. The number of carbonyl (C=O) groups excluding carboxylic acids is 2. The fourth-order valence-corrected chi connectivity index (χ4v) is 3.69. The van der Waals surface area contributed by atoms with Gasteiger partial charge in [0.15, 0.2) is 0 Å². The fourth-order valence-electron chi connectivity index (χ4n) is 2.47. The minimum atomic E-state index is -0.629. The standard InChI is InChI=1S/C14H11ClN2O2S/c1-7-11-12(8(2)20-7)17(14(15)19)10-6-4-3-5-9(10)16-13(11)18/h3-6H,1-2H3,(H,16,18). The van der Waals surface area contributed by atoms with Crippen molar-refractivity contribution in [3.05, 3.63) is 39.6 Å². The van der Waals surface area contributed by atoms with Crippen LogP contribution in [0.4, 0.5) is 21.9 Å².